The zero-order valence-electron chi connectivity index (χ0n) is 9.17. The summed E-state index contributed by atoms with van der Waals surface area (Å²) in [5.74, 6) is -0.356. The molecular formula is C13H10Cl2FN. The highest BCUT2D eigenvalue weighted by atomic mass is 35.5. The summed E-state index contributed by atoms with van der Waals surface area (Å²) < 4.78 is 13.0. The smallest absolute Gasteiger partial charge is 0.124 e. The Kier molecular flexibility index (Phi) is 3.27. The largest absolute Gasteiger partial charge is 0.343 e. The molecule has 0 N–H and O–H groups in total. The van der Waals surface area contributed by atoms with E-state index in [-0.39, 0.29) is 5.82 Å². The molecule has 0 bridgehead atoms. The van der Waals surface area contributed by atoms with Crippen LogP contribution in [0.15, 0.2) is 47.7 Å². The average Bonchev–Trinajstić information content (AvgIpc) is 2.28. The van der Waals surface area contributed by atoms with Crippen molar-refractivity contribution in [3.63, 3.8) is 0 Å². The minimum Gasteiger partial charge on any atom is -0.343 e. The van der Waals surface area contributed by atoms with Crippen LogP contribution in [0.1, 0.15) is 5.56 Å². The van der Waals surface area contributed by atoms with Crippen molar-refractivity contribution in [1.82, 2.24) is 4.90 Å². The van der Waals surface area contributed by atoms with E-state index in [4.69, 9.17) is 23.2 Å². The van der Waals surface area contributed by atoms with E-state index in [0.29, 0.717) is 15.8 Å². The van der Waals surface area contributed by atoms with Crippen LogP contribution in [0, 0.1) is 5.82 Å². The van der Waals surface area contributed by atoms with E-state index in [0.717, 1.165) is 11.3 Å². The Bertz CT molecular complexity index is 546. The van der Waals surface area contributed by atoms with Crippen molar-refractivity contribution < 1.29 is 4.39 Å². The molecule has 0 amide bonds. The fourth-order valence-corrected chi connectivity index (χ4v) is 2.09. The van der Waals surface area contributed by atoms with Gasteiger partial charge in [-0.1, -0.05) is 29.8 Å². The van der Waals surface area contributed by atoms with Crippen LogP contribution in [0.4, 0.5) is 4.39 Å². The summed E-state index contributed by atoms with van der Waals surface area (Å²) in [4.78, 5) is 1.82. The predicted octanol–water partition coefficient (Wildman–Crippen LogP) is 4.40. The Morgan fingerprint density at radius 2 is 1.94 bits per heavy atom. The highest BCUT2D eigenvalue weighted by molar-refractivity contribution is 6.33. The van der Waals surface area contributed by atoms with Crippen molar-refractivity contribution in [2.45, 2.75) is 0 Å². The summed E-state index contributed by atoms with van der Waals surface area (Å²) in [5, 5.41) is 0.941. The van der Waals surface area contributed by atoms with E-state index in [1.807, 2.05) is 18.0 Å². The van der Waals surface area contributed by atoms with E-state index >= 15 is 0 Å². The number of halogens is 3. The molecule has 4 heteroatoms. The highest BCUT2D eigenvalue weighted by Crippen LogP contribution is 2.34. The van der Waals surface area contributed by atoms with Crippen molar-refractivity contribution in [3.05, 3.63) is 64.1 Å². The minimum absolute atomic E-state index is 0.356. The summed E-state index contributed by atoms with van der Waals surface area (Å²) in [6.45, 7) is 3.87. The van der Waals surface area contributed by atoms with Gasteiger partial charge in [0.05, 0.1) is 15.8 Å². The van der Waals surface area contributed by atoms with Gasteiger partial charge in [0.15, 0.2) is 0 Å². The van der Waals surface area contributed by atoms with Gasteiger partial charge in [0.25, 0.3) is 0 Å². The predicted molar refractivity (Wildman–Crippen MR) is 70.2 cm³/mol. The molecular weight excluding hydrogens is 260 g/mol. The van der Waals surface area contributed by atoms with Crippen molar-refractivity contribution in [2.75, 3.05) is 7.05 Å². The molecule has 0 spiro atoms. The Morgan fingerprint density at radius 3 is 2.59 bits per heavy atom. The lowest BCUT2D eigenvalue weighted by Gasteiger charge is -2.28. The second-order valence-corrected chi connectivity index (χ2v) is 4.51. The van der Waals surface area contributed by atoms with Crippen LogP contribution in [0.2, 0.25) is 5.02 Å². The summed E-state index contributed by atoms with van der Waals surface area (Å²) in [6.07, 6.45) is 3.58. The Morgan fingerprint density at radius 1 is 1.24 bits per heavy atom. The SMILES string of the molecule is C=C1C(Cl)=CC=C(c2ccc(F)cc2Cl)N1C. The summed E-state index contributed by atoms with van der Waals surface area (Å²) in [7, 11) is 1.84. The van der Waals surface area contributed by atoms with Crippen molar-refractivity contribution in [2.24, 2.45) is 0 Å². The molecule has 17 heavy (non-hydrogen) atoms. The Labute approximate surface area is 109 Å². The summed E-state index contributed by atoms with van der Waals surface area (Å²) >= 11 is 12.0. The van der Waals surface area contributed by atoms with Crippen molar-refractivity contribution in [3.8, 4) is 0 Å². The van der Waals surface area contributed by atoms with Gasteiger partial charge in [0, 0.05) is 18.3 Å². The second-order valence-electron chi connectivity index (χ2n) is 3.70. The molecule has 0 unspecified atom stereocenters. The zero-order valence-corrected chi connectivity index (χ0v) is 10.7. The maximum absolute atomic E-state index is 13.0. The molecule has 88 valence electrons. The fourth-order valence-electron chi connectivity index (χ4n) is 1.63. The van der Waals surface area contributed by atoms with Gasteiger partial charge in [-0.15, -0.1) is 0 Å². The van der Waals surface area contributed by atoms with Crippen LogP contribution >= 0.6 is 23.2 Å². The van der Waals surface area contributed by atoms with Crippen LogP contribution in [0.25, 0.3) is 5.70 Å². The molecule has 0 atom stereocenters. The lowest BCUT2D eigenvalue weighted by atomic mass is 10.1. The lowest BCUT2D eigenvalue weighted by molar-refractivity contribution is 0.609. The molecule has 0 saturated heterocycles. The summed E-state index contributed by atoms with van der Waals surface area (Å²) in [5.41, 5.74) is 2.27. The maximum atomic E-state index is 13.0. The lowest BCUT2D eigenvalue weighted by Crippen LogP contribution is -2.18. The van der Waals surface area contributed by atoms with E-state index in [1.165, 1.54) is 12.1 Å². The van der Waals surface area contributed by atoms with Crippen LogP contribution in [0.3, 0.4) is 0 Å². The molecule has 1 heterocycles. The molecule has 1 aromatic rings. The van der Waals surface area contributed by atoms with E-state index < -0.39 is 0 Å². The third-order valence-corrected chi connectivity index (χ3v) is 3.29. The number of rotatable bonds is 1. The maximum Gasteiger partial charge on any atom is 0.124 e. The third kappa shape index (κ3) is 2.24. The van der Waals surface area contributed by atoms with E-state index in [2.05, 4.69) is 6.58 Å². The first kappa shape index (κ1) is 12.2. The standard InChI is InChI=1S/C13H10Cl2FN/c1-8-11(14)5-6-13(17(8)2)10-4-3-9(16)7-12(10)15/h3-7H,1H2,2H3. The molecule has 1 aliphatic rings. The molecule has 2 rings (SSSR count). The molecule has 0 aromatic heterocycles. The number of hydrogen-bond donors (Lipinski definition) is 0. The van der Waals surface area contributed by atoms with E-state index in [9.17, 15) is 4.39 Å². The van der Waals surface area contributed by atoms with Gasteiger partial charge < -0.3 is 4.90 Å². The molecule has 1 nitrogen and oxygen atoms in total. The normalized spacial score (nSPS) is 15.8. The first-order valence-electron chi connectivity index (χ1n) is 4.96. The van der Waals surface area contributed by atoms with Gasteiger partial charge in [-0.3, -0.25) is 0 Å². The Balaban J connectivity index is 2.51. The average molecular weight is 270 g/mol. The number of likely N-dealkylation sites (N-methyl/N-ethyl adjacent to an activating group) is 1. The van der Waals surface area contributed by atoms with Crippen LogP contribution in [-0.2, 0) is 0 Å². The van der Waals surface area contributed by atoms with Crippen molar-refractivity contribution >= 4 is 28.9 Å². The molecule has 0 aliphatic carbocycles. The highest BCUT2D eigenvalue weighted by Gasteiger charge is 2.18. The molecule has 1 aromatic carbocycles. The minimum atomic E-state index is -0.356. The molecule has 0 fully saturated rings. The first-order chi connectivity index (χ1) is 8.00. The van der Waals surface area contributed by atoms with Crippen LogP contribution in [-0.4, -0.2) is 11.9 Å². The van der Waals surface area contributed by atoms with Gasteiger partial charge in [0.2, 0.25) is 0 Å². The summed E-state index contributed by atoms with van der Waals surface area (Å²) in [6, 6.07) is 4.30. The van der Waals surface area contributed by atoms with Gasteiger partial charge in [-0.05, 0) is 30.4 Å². The van der Waals surface area contributed by atoms with Gasteiger partial charge in [0.1, 0.15) is 5.82 Å². The van der Waals surface area contributed by atoms with Crippen molar-refractivity contribution in [1.29, 1.82) is 0 Å². The fraction of sp³-hybridized carbons (Fsp3) is 0.0769. The monoisotopic (exact) mass is 269 g/mol. The van der Waals surface area contributed by atoms with Gasteiger partial charge in [-0.25, -0.2) is 4.39 Å². The van der Waals surface area contributed by atoms with Crippen LogP contribution < -0.4 is 0 Å². The number of benzene rings is 1. The first-order valence-corrected chi connectivity index (χ1v) is 5.72. The quantitative estimate of drug-likeness (QED) is 0.731. The third-order valence-electron chi connectivity index (χ3n) is 2.64. The molecule has 0 saturated carbocycles. The second kappa shape index (κ2) is 4.55. The topological polar surface area (TPSA) is 3.24 Å². The molecule has 1 aliphatic heterocycles. The zero-order chi connectivity index (χ0) is 12.6. The Hall–Kier alpha value is -1.25. The van der Waals surface area contributed by atoms with Crippen LogP contribution in [0.5, 0.6) is 0 Å². The molecule has 0 radical (unpaired) electrons. The number of nitrogens with zero attached hydrogens (tertiary/aromatic N) is 1. The number of allylic oxidation sites excluding steroid dienone is 3. The van der Waals surface area contributed by atoms with Gasteiger partial charge >= 0.3 is 0 Å². The number of hydrogen-bond acceptors (Lipinski definition) is 1. The van der Waals surface area contributed by atoms with Gasteiger partial charge in [-0.2, -0.15) is 0 Å². The van der Waals surface area contributed by atoms with E-state index in [1.54, 1.807) is 12.1 Å².